The van der Waals surface area contributed by atoms with Crippen molar-refractivity contribution in [3.05, 3.63) is 50.7 Å². The summed E-state index contributed by atoms with van der Waals surface area (Å²) in [7, 11) is 0. The molecule has 0 amide bonds. The lowest BCUT2D eigenvalue weighted by molar-refractivity contribution is 0.526. The number of aromatic nitrogens is 4. The van der Waals surface area contributed by atoms with Crippen LogP contribution in [0.3, 0.4) is 0 Å². The zero-order chi connectivity index (χ0) is 13.2. The fourth-order valence-electron chi connectivity index (χ4n) is 2.18. The molecule has 0 aliphatic heterocycles. The molecule has 1 aromatic carbocycles. The first-order valence-corrected chi connectivity index (χ1v) is 7.17. The van der Waals surface area contributed by atoms with Crippen LogP contribution in [-0.2, 0) is 13.1 Å². The van der Waals surface area contributed by atoms with Crippen molar-refractivity contribution in [1.29, 1.82) is 0 Å². The minimum Gasteiger partial charge on any atom is -0.306 e. The molecule has 0 bridgehead atoms. The fraction of sp³-hybridized carbons (Fsp3) is 0.231. The molecule has 0 saturated heterocycles. The van der Waals surface area contributed by atoms with E-state index >= 15 is 0 Å². The zero-order valence-corrected chi connectivity index (χ0v) is 12.4. The number of para-hydroxylation sites is 2. The van der Waals surface area contributed by atoms with Crippen LogP contribution in [0.15, 0.2) is 41.5 Å². The third kappa shape index (κ3) is 2.58. The van der Waals surface area contributed by atoms with E-state index in [2.05, 4.69) is 32.7 Å². The van der Waals surface area contributed by atoms with Gasteiger partial charge < -0.3 is 4.98 Å². The van der Waals surface area contributed by atoms with Crippen LogP contribution >= 0.6 is 22.6 Å². The fourth-order valence-corrected chi connectivity index (χ4v) is 2.63. The molecule has 0 aliphatic carbocycles. The summed E-state index contributed by atoms with van der Waals surface area (Å²) in [4.78, 5) is 14.7. The molecule has 3 rings (SSSR count). The molecule has 0 atom stereocenters. The molecule has 98 valence electrons. The van der Waals surface area contributed by atoms with Gasteiger partial charge in [0.2, 0.25) is 0 Å². The van der Waals surface area contributed by atoms with Gasteiger partial charge in [0, 0.05) is 19.3 Å². The number of nitrogens with one attached hydrogen (secondary N) is 1. The molecule has 19 heavy (non-hydrogen) atoms. The van der Waals surface area contributed by atoms with Gasteiger partial charge in [-0.05, 0) is 41.1 Å². The Morgan fingerprint density at radius 2 is 2.11 bits per heavy atom. The largest absolute Gasteiger partial charge is 0.326 e. The Balaban J connectivity index is 1.75. The lowest BCUT2D eigenvalue weighted by atomic mass is 10.3. The molecule has 0 aliphatic rings. The Hall–Kier alpha value is -1.57. The van der Waals surface area contributed by atoms with Crippen LogP contribution in [0.25, 0.3) is 11.0 Å². The van der Waals surface area contributed by atoms with Crippen LogP contribution in [0, 0.1) is 3.57 Å². The van der Waals surface area contributed by atoms with E-state index in [9.17, 15) is 4.79 Å². The van der Waals surface area contributed by atoms with Gasteiger partial charge in [0.25, 0.3) is 0 Å². The molecule has 5 nitrogen and oxygen atoms in total. The number of aryl methyl sites for hydroxylation is 2. The number of hydrogen-bond donors (Lipinski definition) is 1. The molecule has 0 fully saturated rings. The Labute approximate surface area is 123 Å². The Kier molecular flexibility index (Phi) is 3.41. The number of aromatic amines is 1. The van der Waals surface area contributed by atoms with E-state index in [1.54, 1.807) is 4.57 Å². The van der Waals surface area contributed by atoms with Crippen molar-refractivity contribution in [2.24, 2.45) is 0 Å². The maximum atomic E-state index is 11.9. The molecule has 0 spiro atoms. The smallest absolute Gasteiger partial charge is 0.306 e. The summed E-state index contributed by atoms with van der Waals surface area (Å²) in [6.45, 7) is 1.51. The van der Waals surface area contributed by atoms with Crippen molar-refractivity contribution >= 4 is 33.6 Å². The summed E-state index contributed by atoms with van der Waals surface area (Å²) in [6.07, 6.45) is 4.70. The number of rotatable bonds is 4. The second-order valence-corrected chi connectivity index (χ2v) is 5.62. The molecule has 2 aromatic heterocycles. The summed E-state index contributed by atoms with van der Waals surface area (Å²) >= 11 is 2.24. The van der Waals surface area contributed by atoms with Crippen LogP contribution in [0.4, 0.5) is 0 Å². The Bertz CT molecular complexity index is 755. The number of nitrogens with zero attached hydrogens (tertiary/aromatic N) is 3. The second-order valence-electron chi connectivity index (χ2n) is 4.37. The highest BCUT2D eigenvalue weighted by molar-refractivity contribution is 14.1. The minimum atomic E-state index is -0.0451. The van der Waals surface area contributed by atoms with Crippen molar-refractivity contribution < 1.29 is 0 Å². The van der Waals surface area contributed by atoms with E-state index in [0.717, 1.165) is 27.6 Å². The predicted molar refractivity (Wildman–Crippen MR) is 82.1 cm³/mol. The molecule has 0 saturated carbocycles. The van der Waals surface area contributed by atoms with Gasteiger partial charge in [-0.2, -0.15) is 5.10 Å². The maximum Gasteiger partial charge on any atom is 0.326 e. The highest BCUT2D eigenvalue weighted by Crippen LogP contribution is 2.09. The van der Waals surface area contributed by atoms with E-state index in [-0.39, 0.29) is 5.69 Å². The zero-order valence-electron chi connectivity index (χ0n) is 10.2. The number of H-pyrrole nitrogens is 1. The number of benzene rings is 1. The van der Waals surface area contributed by atoms with Crippen LogP contribution in [-0.4, -0.2) is 19.3 Å². The molecule has 1 N–H and O–H groups in total. The monoisotopic (exact) mass is 368 g/mol. The maximum absolute atomic E-state index is 11.9. The van der Waals surface area contributed by atoms with E-state index in [1.807, 2.05) is 41.3 Å². The molecule has 0 radical (unpaired) electrons. The van der Waals surface area contributed by atoms with Crippen molar-refractivity contribution in [3.63, 3.8) is 0 Å². The highest BCUT2D eigenvalue weighted by atomic mass is 127. The standard InChI is InChI=1S/C13H13IN4O/c14-10-8-15-17(9-10)6-3-7-18-12-5-2-1-4-11(12)16-13(18)19/h1-2,4-5,8-9H,3,6-7H2,(H,16,19). The predicted octanol–water partition coefficient (Wildman–Crippen LogP) is 2.22. The molecule has 3 aromatic rings. The van der Waals surface area contributed by atoms with Crippen molar-refractivity contribution in [3.8, 4) is 0 Å². The van der Waals surface area contributed by atoms with Gasteiger partial charge in [-0.3, -0.25) is 9.25 Å². The van der Waals surface area contributed by atoms with E-state index < -0.39 is 0 Å². The summed E-state index contributed by atoms with van der Waals surface area (Å²) in [5.41, 5.74) is 1.81. The Morgan fingerprint density at radius 3 is 2.89 bits per heavy atom. The summed E-state index contributed by atoms with van der Waals surface area (Å²) in [5.74, 6) is 0. The summed E-state index contributed by atoms with van der Waals surface area (Å²) in [5, 5.41) is 4.23. The lowest BCUT2D eigenvalue weighted by Gasteiger charge is -2.03. The number of imidazole rings is 1. The van der Waals surface area contributed by atoms with E-state index in [1.165, 1.54) is 0 Å². The van der Waals surface area contributed by atoms with Gasteiger partial charge >= 0.3 is 5.69 Å². The average molecular weight is 368 g/mol. The van der Waals surface area contributed by atoms with Gasteiger partial charge in [-0.15, -0.1) is 0 Å². The van der Waals surface area contributed by atoms with E-state index in [4.69, 9.17) is 0 Å². The molecular formula is C13H13IN4O. The van der Waals surface area contributed by atoms with Gasteiger partial charge in [0.05, 0.1) is 20.8 Å². The molecule has 0 unspecified atom stereocenters. The van der Waals surface area contributed by atoms with Crippen molar-refractivity contribution in [2.45, 2.75) is 19.5 Å². The van der Waals surface area contributed by atoms with Gasteiger partial charge in [0.1, 0.15) is 0 Å². The van der Waals surface area contributed by atoms with Crippen LogP contribution < -0.4 is 5.69 Å². The van der Waals surface area contributed by atoms with Crippen LogP contribution in [0.2, 0.25) is 0 Å². The normalized spacial score (nSPS) is 11.2. The topological polar surface area (TPSA) is 55.6 Å². The van der Waals surface area contributed by atoms with Gasteiger partial charge in [-0.25, -0.2) is 4.79 Å². The van der Waals surface area contributed by atoms with E-state index in [0.29, 0.717) is 6.54 Å². The number of hydrogen-bond acceptors (Lipinski definition) is 2. The number of halogens is 1. The summed E-state index contributed by atoms with van der Waals surface area (Å²) in [6, 6.07) is 7.75. The molecule has 2 heterocycles. The van der Waals surface area contributed by atoms with Crippen molar-refractivity contribution in [2.75, 3.05) is 0 Å². The average Bonchev–Trinajstić information content (AvgIpc) is 2.94. The third-order valence-electron chi connectivity index (χ3n) is 3.05. The highest BCUT2D eigenvalue weighted by Gasteiger charge is 2.05. The first kappa shape index (κ1) is 12.5. The molecular weight excluding hydrogens is 355 g/mol. The van der Waals surface area contributed by atoms with Crippen LogP contribution in [0.1, 0.15) is 6.42 Å². The third-order valence-corrected chi connectivity index (χ3v) is 3.61. The van der Waals surface area contributed by atoms with Crippen LogP contribution in [0.5, 0.6) is 0 Å². The molecule has 6 heteroatoms. The first-order chi connectivity index (χ1) is 9.24. The minimum absolute atomic E-state index is 0.0451. The van der Waals surface area contributed by atoms with Gasteiger partial charge in [-0.1, -0.05) is 12.1 Å². The van der Waals surface area contributed by atoms with Crippen molar-refractivity contribution in [1.82, 2.24) is 19.3 Å². The quantitative estimate of drug-likeness (QED) is 0.718. The number of fused-ring (bicyclic) bond motifs is 1. The SMILES string of the molecule is O=c1[nH]c2ccccc2n1CCCn1cc(I)cn1. The van der Waals surface area contributed by atoms with Gasteiger partial charge in [0.15, 0.2) is 0 Å². The first-order valence-electron chi connectivity index (χ1n) is 6.09. The second kappa shape index (κ2) is 5.20. The summed E-state index contributed by atoms with van der Waals surface area (Å²) < 4.78 is 4.81. The lowest BCUT2D eigenvalue weighted by Crippen LogP contribution is -2.17. The Morgan fingerprint density at radius 1 is 1.26 bits per heavy atom.